The lowest BCUT2D eigenvalue weighted by Gasteiger charge is -2.35. The first kappa shape index (κ1) is 56.7. The third kappa shape index (κ3) is 15.2. The van der Waals surface area contributed by atoms with Gasteiger partial charge >= 0.3 is 12.2 Å². The molecule has 1 aliphatic rings. The second kappa shape index (κ2) is 24.6. The van der Waals surface area contributed by atoms with E-state index in [9.17, 15) is 31.5 Å². The molecule has 27 heteroatoms. The quantitative estimate of drug-likeness (QED) is 0.0484. The van der Waals surface area contributed by atoms with E-state index in [1.165, 1.54) is 32.2 Å². The van der Waals surface area contributed by atoms with Crippen molar-refractivity contribution in [2.24, 2.45) is 0 Å². The van der Waals surface area contributed by atoms with E-state index in [1.807, 2.05) is 5.32 Å². The molecule has 2 amide bonds. The summed E-state index contributed by atoms with van der Waals surface area (Å²) in [4.78, 5) is 24.7. The van der Waals surface area contributed by atoms with E-state index in [-0.39, 0.29) is 75.7 Å². The predicted octanol–water partition coefficient (Wildman–Crippen LogP) is 3.13. The van der Waals surface area contributed by atoms with Gasteiger partial charge in [-0.25, -0.2) is 44.3 Å². The zero-order chi connectivity index (χ0) is 53.8. The van der Waals surface area contributed by atoms with Crippen LogP contribution in [0.3, 0.4) is 0 Å². The molecule has 24 nitrogen and oxygen atoms in total. The first-order chi connectivity index (χ1) is 35.0. The average Bonchev–Trinajstić information content (AvgIpc) is 3.84. The highest BCUT2D eigenvalue weighted by molar-refractivity contribution is 7.92. The zero-order valence-electron chi connectivity index (χ0n) is 41.7. The lowest BCUT2D eigenvalue weighted by atomic mass is 10.1. The van der Waals surface area contributed by atoms with Crippen molar-refractivity contribution in [3.05, 3.63) is 102 Å². The highest BCUT2D eigenvalue weighted by atomic mass is 32.2. The summed E-state index contributed by atoms with van der Waals surface area (Å²) in [5.74, 6) is 1.30. The summed E-state index contributed by atoms with van der Waals surface area (Å²) in [6, 6.07) is 22.7. The molecule has 74 heavy (non-hydrogen) atoms. The molecule has 1 fully saturated rings. The van der Waals surface area contributed by atoms with Crippen LogP contribution in [0.5, 0.6) is 17.2 Å². The summed E-state index contributed by atoms with van der Waals surface area (Å²) in [5.41, 5.74) is 0.816. The number of benzene rings is 4. The molecule has 6 rings (SSSR count). The Morgan fingerprint density at radius 1 is 0.743 bits per heavy atom. The van der Waals surface area contributed by atoms with E-state index in [4.69, 9.17) is 24.1 Å². The van der Waals surface area contributed by atoms with E-state index in [0.717, 1.165) is 10.4 Å². The van der Waals surface area contributed by atoms with Gasteiger partial charge in [0.05, 0.1) is 44.8 Å². The third-order valence-electron chi connectivity index (χ3n) is 11.5. The number of nitrogens with zero attached hydrogens (tertiary/aromatic N) is 6. The number of hydrogen-bond donors (Lipinski definition) is 6. The summed E-state index contributed by atoms with van der Waals surface area (Å²) in [6.07, 6.45) is -3.67. The summed E-state index contributed by atoms with van der Waals surface area (Å²) >= 11 is 0. The van der Waals surface area contributed by atoms with Crippen LogP contribution in [0.2, 0.25) is 0 Å². The van der Waals surface area contributed by atoms with Crippen LogP contribution in [0, 0.1) is 0 Å². The van der Waals surface area contributed by atoms with E-state index in [2.05, 4.69) is 30.2 Å². The van der Waals surface area contributed by atoms with Crippen molar-refractivity contribution in [2.45, 2.75) is 80.0 Å². The number of carbonyl (C=O) groups is 2. The Hall–Kier alpha value is -6.62. The maximum atomic E-state index is 16.0. The number of carboxylic acid groups (broad SMARTS) is 1. The molecule has 0 aliphatic carbocycles. The highest BCUT2D eigenvalue weighted by Crippen LogP contribution is 2.42. The first-order valence-electron chi connectivity index (χ1n) is 23.2. The largest absolute Gasteiger partial charge is 0.497 e. The number of piperidine rings is 1. The van der Waals surface area contributed by atoms with Crippen LogP contribution in [0.15, 0.2) is 94.7 Å². The SMILES string of the molecule is COc1ccc(CN(Cc2ccc(OC)cc2)S(=O)(=O)c2c(S(=O)(=O)NCC(O)CNC(=O)O)ccc(N3CCC(S(=O)(=O)NCCNC(=O)OC(C)(C)C)CC3)c2-c2nnn(Cc3ccc(OC)cc3)n2)cc1. The molecule has 2 heterocycles. The fourth-order valence-electron chi connectivity index (χ4n) is 7.79. The minimum atomic E-state index is -5.07. The monoisotopic (exact) mass is 1090 g/mol. The number of methoxy groups -OCH3 is 3. The number of amides is 2. The summed E-state index contributed by atoms with van der Waals surface area (Å²) in [6.45, 7) is 3.15. The molecule has 0 saturated carbocycles. The lowest BCUT2D eigenvalue weighted by molar-refractivity contribution is 0.0528. The molecule has 0 radical (unpaired) electrons. The van der Waals surface area contributed by atoms with Crippen molar-refractivity contribution in [3.8, 4) is 28.6 Å². The van der Waals surface area contributed by atoms with Crippen LogP contribution < -0.4 is 39.2 Å². The van der Waals surface area contributed by atoms with Crippen molar-refractivity contribution < 1.29 is 64.0 Å². The summed E-state index contributed by atoms with van der Waals surface area (Å²) < 4.78 is 116. The minimum absolute atomic E-state index is 0.0305. The lowest BCUT2D eigenvalue weighted by Crippen LogP contribution is -2.45. The normalized spacial score (nSPS) is 14.1. The van der Waals surface area contributed by atoms with Crippen LogP contribution in [-0.2, 0) is 54.4 Å². The number of hydrogen-bond acceptors (Lipinski definition) is 17. The Balaban J connectivity index is 1.48. The van der Waals surface area contributed by atoms with E-state index in [1.54, 1.807) is 98.5 Å². The number of aliphatic hydroxyl groups is 1. The number of ether oxygens (including phenoxy) is 4. The number of aromatic nitrogens is 4. The molecular formula is C47H62N10O14S3. The van der Waals surface area contributed by atoms with Crippen molar-refractivity contribution in [1.82, 2.24) is 44.6 Å². The van der Waals surface area contributed by atoms with Gasteiger partial charge in [-0.1, -0.05) is 36.4 Å². The van der Waals surface area contributed by atoms with Crippen LogP contribution in [0.4, 0.5) is 15.3 Å². The molecule has 1 aliphatic heterocycles. The molecule has 1 aromatic heterocycles. The van der Waals surface area contributed by atoms with E-state index >= 15 is 8.42 Å². The fourth-order valence-corrected chi connectivity index (χ4v) is 12.7. The maximum absolute atomic E-state index is 16.0. The summed E-state index contributed by atoms with van der Waals surface area (Å²) in [5, 5.41) is 36.6. The average molecular weight is 1090 g/mol. The second-order valence-electron chi connectivity index (χ2n) is 18.0. The molecule has 0 spiro atoms. The number of alkyl carbamates (subject to hydrolysis) is 1. The van der Waals surface area contributed by atoms with E-state index < -0.39 is 82.1 Å². The van der Waals surface area contributed by atoms with Gasteiger partial charge < -0.3 is 44.7 Å². The molecule has 5 aromatic rings. The van der Waals surface area contributed by atoms with Crippen LogP contribution >= 0.6 is 0 Å². The summed E-state index contributed by atoms with van der Waals surface area (Å²) in [7, 11) is -9.48. The van der Waals surface area contributed by atoms with Gasteiger partial charge in [0, 0.05) is 58.0 Å². The van der Waals surface area contributed by atoms with Crippen molar-refractivity contribution >= 4 is 47.9 Å². The molecule has 1 atom stereocenters. The van der Waals surface area contributed by atoms with Crippen LogP contribution in [-0.4, -0.2) is 150 Å². The van der Waals surface area contributed by atoms with Crippen molar-refractivity contribution in [3.63, 3.8) is 0 Å². The molecule has 6 N–H and O–H groups in total. The van der Waals surface area contributed by atoms with Gasteiger partial charge in [0.15, 0.2) is 0 Å². The molecule has 0 bridgehead atoms. The van der Waals surface area contributed by atoms with Crippen molar-refractivity contribution in [1.29, 1.82) is 0 Å². The topological polar surface area (TPSA) is 312 Å². The highest BCUT2D eigenvalue weighted by Gasteiger charge is 2.40. The Morgan fingerprint density at radius 2 is 1.28 bits per heavy atom. The molecule has 1 saturated heterocycles. The molecule has 402 valence electrons. The molecule has 1 unspecified atom stereocenters. The van der Waals surface area contributed by atoms with Gasteiger partial charge in [0.25, 0.3) is 0 Å². The van der Waals surface area contributed by atoms with Crippen LogP contribution in [0.25, 0.3) is 11.4 Å². The maximum Gasteiger partial charge on any atom is 0.407 e. The Morgan fingerprint density at radius 3 is 1.80 bits per heavy atom. The van der Waals surface area contributed by atoms with Crippen LogP contribution in [0.1, 0.15) is 50.3 Å². The van der Waals surface area contributed by atoms with Gasteiger partial charge in [-0.15, -0.1) is 10.2 Å². The standard InChI is InChI=1S/C47H62N10O14S3/c1-47(2,3)71-46(61)48-23-24-50-72(62,63)39-21-25-55(26-22-39)40-19-20-41(73(64,65)51-28-35(58)27-49-45(59)60)43(42(40)44-52-54-57(53-44)31-34-11-17-38(70-6)18-12-34)74(66,67)56(29-32-7-13-36(68-4)14-8-32)30-33-9-15-37(69-5)16-10-33/h7-20,35,39,49-51,58H,21-31H2,1-6H3,(H,48,61)(H,59,60). The van der Waals surface area contributed by atoms with E-state index in [0.29, 0.717) is 33.9 Å². The number of carbonyl (C=O) groups excluding carboxylic acids is 1. The molecular weight excluding hydrogens is 1020 g/mol. The zero-order valence-corrected chi connectivity index (χ0v) is 44.2. The van der Waals surface area contributed by atoms with Gasteiger partial charge in [-0.2, -0.15) is 9.10 Å². The smallest absolute Gasteiger partial charge is 0.407 e. The fraction of sp³-hybridized carbons (Fsp3) is 0.426. The third-order valence-corrected chi connectivity index (χ3v) is 16.9. The van der Waals surface area contributed by atoms with Crippen molar-refractivity contribution in [2.75, 3.05) is 65.5 Å². The molecule has 4 aromatic carbocycles. The Labute approximate surface area is 430 Å². The Bertz CT molecular complexity index is 2990. The number of tetrazole rings is 1. The van der Waals surface area contributed by atoms with Gasteiger partial charge in [0.2, 0.25) is 35.9 Å². The van der Waals surface area contributed by atoms with Gasteiger partial charge in [-0.3, -0.25) is 0 Å². The van der Waals surface area contributed by atoms with Gasteiger partial charge in [0.1, 0.15) is 32.6 Å². The predicted molar refractivity (Wildman–Crippen MR) is 271 cm³/mol. The van der Waals surface area contributed by atoms with Gasteiger partial charge in [-0.05, 0) is 104 Å². The number of aliphatic hydroxyl groups excluding tert-OH is 1. The number of nitrogens with one attached hydrogen (secondary N) is 4. The number of sulfonamides is 3. The number of rotatable bonds is 24. The minimum Gasteiger partial charge on any atom is -0.497 e. The first-order valence-corrected chi connectivity index (χ1v) is 27.7. The Kier molecular flexibility index (Phi) is 18.8. The second-order valence-corrected chi connectivity index (χ2v) is 23.6. The number of anilines is 1.